The lowest BCUT2D eigenvalue weighted by Gasteiger charge is -2.26. The molecule has 0 saturated heterocycles. The monoisotopic (exact) mass is 422 g/mol. The van der Waals surface area contributed by atoms with Crippen LogP contribution in [0, 0.1) is 5.41 Å². The van der Waals surface area contributed by atoms with Crippen LogP contribution in [0.2, 0.25) is 0 Å². The van der Waals surface area contributed by atoms with Crippen molar-refractivity contribution in [1.29, 1.82) is 0 Å². The van der Waals surface area contributed by atoms with Crippen LogP contribution in [0.1, 0.15) is 43.7 Å². The summed E-state index contributed by atoms with van der Waals surface area (Å²) in [6, 6.07) is 16.2. The van der Waals surface area contributed by atoms with Crippen molar-refractivity contribution < 1.29 is 24.2 Å². The van der Waals surface area contributed by atoms with Crippen LogP contribution in [0.4, 0.5) is 4.79 Å². The summed E-state index contributed by atoms with van der Waals surface area (Å²) in [5.41, 5.74) is 2.42. The molecule has 7 heteroatoms. The van der Waals surface area contributed by atoms with Crippen LogP contribution in [-0.4, -0.2) is 41.8 Å². The molecule has 0 radical (unpaired) electrons. The van der Waals surface area contributed by atoms with Crippen molar-refractivity contribution >= 4 is 18.0 Å². The molecule has 1 fully saturated rings. The highest BCUT2D eigenvalue weighted by atomic mass is 16.5. The number of benzene rings is 2. The fourth-order valence-electron chi connectivity index (χ4n) is 3.93. The molecule has 2 amide bonds. The summed E-state index contributed by atoms with van der Waals surface area (Å²) in [5, 5.41) is 14.5. The lowest BCUT2D eigenvalue weighted by Crippen LogP contribution is -2.51. The minimum atomic E-state index is -1.15. The van der Waals surface area contributed by atoms with Crippen LogP contribution in [0.25, 0.3) is 11.1 Å². The molecule has 7 nitrogen and oxygen atoms in total. The predicted octanol–water partition coefficient (Wildman–Crippen LogP) is 3.28. The van der Waals surface area contributed by atoms with Gasteiger partial charge in [-0.25, -0.2) is 9.59 Å². The van der Waals surface area contributed by atoms with E-state index in [1.807, 2.05) is 36.4 Å². The molecule has 0 heterocycles. The molecule has 0 bridgehead atoms. The average Bonchev–Trinajstić information content (AvgIpc) is 3.47. The molecule has 2 aliphatic rings. The van der Waals surface area contributed by atoms with Crippen LogP contribution in [0.15, 0.2) is 48.5 Å². The molecule has 0 spiro atoms. The van der Waals surface area contributed by atoms with E-state index in [1.165, 1.54) is 0 Å². The zero-order valence-electron chi connectivity index (χ0n) is 17.6. The van der Waals surface area contributed by atoms with Crippen LogP contribution in [-0.2, 0) is 14.3 Å². The minimum absolute atomic E-state index is 0.0329. The zero-order valence-corrected chi connectivity index (χ0v) is 17.6. The van der Waals surface area contributed by atoms with Crippen LogP contribution in [0.5, 0.6) is 0 Å². The average molecular weight is 422 g/mol. The number of rotatable bonds is 7. The lowest BCUT2D eigenvalue weighted by molar-refractivity contribution is -0.144. The third kappa shape index (κ3) is 4.00. The van der Waals surface area contributed by atoms with E-state index in [4.69, 9.17) is 4.74 Å². The van der Waals surface area contributed by atoms with Crippen molar-refractivity contribution in [2.45, 2.75) is 38.1 Å². The van der Waals surface area contributed by atoms with Crippen molar-refractivity contribution in [2.24, 2.45) is 5.41 Å². The van der Waals surface area contributed by atoms with Gasteiger partial charge in [0, 0.05) is 12.5 Å². The molecular weight excluding hydrogens is 396 g/mol. The highest BCUT2D eigenvalue weighted by molar-refractivity contribution is 5.92. The van der Waals surface area contributed by atoms with Gasteiger partial charge in [-0.15, -0.1) is 0 Å². The van der Waals surface area contributed by atoms with E-state index in [0.717, 1.165) is 22.3 Å². The van der Waals surface area contributed by atoms with Crippen molar-refractivity contribution in [3.05, 3.63) is 59.7 Å². The maximum Gasteiger partial charge on any atom is 0.407 e. The highest BCUT2D eigenvalue weighted by Gasteiger charge is 2.53. The summed E-state index contributed by atoms with van der Waals surface area (Å²) < 4.78 is 5.49. The van der Waals surface area contributed by atoms with E-state index in [9.17, 15) is 19.5 Å². The number of ether oxygens (including phenoxy) is 1. The van der Waals surface area contributed by atoms with E-state index < -0.39 is 28.9 Å². The molecule has 0 unspecified atom stereocenters. The van der Waals surface area contributed by atoms with Gasteiger partial charge in [0.25, 0.3) is 0 Å². The van der Waals surface area contributed by atoms with Gasteiger partial charge in [-0.1, -0.05) is 48.5 Å². The topological polar surface area (TPSA) is 105 Å². The largest absolute Gasteiger partial charge is 0.480 e. The second-order valence-electron chi connectivity index (χ2n) is 8.90. The maximum atomic E-state index is 12.5. The van der Waals surface area contributed by atoms with Crippen molar-refractivity contribution in [3.8, 4) is 11.1 Å². The van der Waals surface area contributed by atoms with Gasteiger partial charge in [0.15, 0.2) is 0 Å². The molecule has 31 heavy (non-hydrogen) atoms. The number of amides is 2. The van der Waals surface area contributed by atoms with Gasteiger partial charge in [0.2, 0.25) is 5.91 Å². The second kappa shape index (κ2) is 7.72. The van der Waals surface area contributed by atoms with E-state index in [-0.39, 0.29) is 19.1 Å². The predicted molar refractivity (Wildman–Crippen MR) is 115 cm³/mol. The number of aliphatic carboxylic acids is 1. The fourth-order valence-corrected chi connectivity index (χ4v) is 3.93. The second-order valence-corrected chi connectivity index (χ2v) is 8.90. The first-order chi connectivity index (χ1) is 14.7. The Morgan fingerprint density at radius 3 is 2.10 bits per heavy atom. The van der Waals surface area contributed by atoms with Crippen molar-refractivity contribution in [2.75, 3.05) is 13.2 Å². The van der Waals surface area contributed by atoms with Gasteiger partial charge >= 0.3 is 12.1 Å². The molecule has 3 N–H and O–H groups in total. The highest BCUT2D eigenvalue weighted by Crippen LogP contribution is 2.44. The molecule has 2 aromatic carbocycles. The number of hydrogen-bond donors (Lipinski definition) is 3. The minimum Gasteiger partial charge on any atom is -0.480 e. The summed E-state index contributed by atoms with van der Waals surface area (Å²) in [5.74, 6) is -1.48. The summed E-state index contributed by atoms with van der Waals surface area (Å²) in [7, 11) is 0. The van der Waals surface area contributed by atoms with Gasteiger partial charge < -0.3 is 20.5 Å². The molecule has 0 aromatic heterocycles. The first kappa shape index (κ1) is 20.9. The molecule has 2 aliphatic carbocycles. The summed E-state index contributed by atoms with van der Waals surface area (Å²) in [4.78, 5) is 36.1. The Hall–Kier alpha value is -3.35. The SMILES string of the molecule is CC(C)(CNC(=O)OCC1c2ccccc2-c2ccccc21)C(=O)NC1(C(=O)O)CC1. The Morgan fingerprint density at radius 1 is 1.03 bits per heavy atom. The number of fused-ring (bicyclic) bond motifs is 3. The van der Waals surface area contributed by atoms with Crippen molar-refractivity contribution in [1.82, 2.24) is 10.6 Å². The number of nitrogens with one attached hydrogen (secondary N) is 2. The number of hydrogen-bond acceptors (Lipinski definition) is 4. The maximum absolute atomic E-state index is 12.5. The van der Waals surface area contributed by atoms with Gasteiger partial charge in [-0.05, 0) is 48.9 Å². The number of carbonyl (C=O) groups is 3. The van der Waals surface area contributed by atoms with Gasteiger partial charge in [0.05, 0.1) is 5.41 Å². The Bertz CT molecular complexity index is 996. The number of alkyl carbamates (subject to hydrolysis) is 1. The van der Waals surface area contributed by atoms with E-state index in [0.29, 0.717) is 12.8 Å². The molecule has 2 aromatic rings. The Morgan fingerprint density at radius 2 is 1.58 bits per heavy atom. The fraction of sp³-hybridized carbons (Fsp3) is 0.375. The standard InChI is InChI=1S/C24H26N2O5/c1-23(2,20(27)26-24(11-12-24)21(28)29)14-25-22(30)31-13-19-17-9-5-3-7-15(17)16-8-4-6-10-18(16)19/h3-10,19H,11-14H2,1-2H3,(H,25,30)(H,26,27)(H,28,29). The first-order valence-corrected chi connectivity index (χ1v) is 10.4. The molecule has 0 atom stereocenters. The molecule has 162 valence electrons. The lowest BCUT2D eigenvalue weighted by atomic mass is 9.91. The summed E-state index contributed by atoms with van der Waals surface area (Å²) in [6.07, 6.45) is 0.232. The van der Waals surface area contributed by atoms with E-state index in [2.05, 4.69) is 22.8 Å². The van der Waals surface area contributed by atoms with E-state index >= 15 is 0 Å². The third-order valence-electron chi connectivity index (χ3n) is 6.15. The Balaban J connectivity index is 1.34. The molecule has 4 rings (SSSR count). The third-order valence-corrected chi connectivity index (χ3v) is 6.15. The summed E-state index contributed by atoms with van der Waals surface area (Å²) >= 11 is 0. The normalized spacial score (nSPS) is 16.1. The van der Waals surface area contributed by atoms with Crippen LogP contribution >= 0.6 is 0 Å². The summed E-state index contributed by atoms with van der Waals surface area (Å²) in [6.45, 7) is 3.54. The number of carboxylic acids is 1. The Labute approximate surface area is 180 Å². The van der Waals surface area contributed by atoms with Crippen LogP contribution in [0.3, 0.4) is 0 Å². The zero-order chi connectivity index (χ0) is 22.2. The van der Waals surface area contributed by atoms with Crippen molar-refractivity contribution in [3.63, 3.8) is 0 Å². The number of carbonyl (C=O) groups excluding carboxylic acids is 2. The smallest absolute Gasteiger partial charge is 0.407 e. The van der Waals surface area contributed by atoms with E-state index in [1.54, 1.807) is 13.8 Å². The van der Waals surface area contributed by atoms with Gasteiger partial charge in [-0.3, -0.25) is 4.79 Å². The van der Waals surface area contributed by atoms with Crippen LogP contribution < -0.4 is 10.6 Å². The molecular formula is C24H26N2O5. The van der Waals surface area contributed by atoms with Gasteiger partial charge in [-0.2, -0.15) is 0 Å². The quantitative estimate of drug-likeness (QED) is 0.635. The molecule has 0 aliphatic heterocycles. The molecule has 1 saturated carbocycles. The first-order valence-electron chi connectivity index (χ1n) is 10.4. The van der Waals surface area contributed by atoms with Gasteiger partial charge in [0.1, 0.15) is 12.1 Å². The Kier molecular flexibility index (Phi) is 5.21. The number of carboxylic acid groups (broad SMARTS) is 1.